The standard InChI is InChI=1S/2C16H26O3.C16H28O2.C16H26O2.CH4.Ag.O/c2*1-13(17)8-4-2-3-5-9-14-12-15(14)10-6-7-11-16(18)19;2*1-14(18)9-5-2-3-6-10-15-13-16(15)11-7-4-8-12-17;;;/h2*2-4,8,13-15,17H,5-7,9-12H2,1H3,(H,18,19);2-3,5,9,14-18H,4,6-8,10-13H2,1H3;2-3,5,9,12,14-16,18H,4,6-8,10-11,13H2,1H3;1H4;;/b2*3-2-,8-4+;2*3-2-,9-5+;;;/t2*13?,14-,15+;2*14?,15-,16+;;;/m0000.../s1. The fourth-order valence-corrected chi connectivity index (χ4v) is 9.60. The van der Waals surface area contributed by atoms with Crippen molar-refractivity contribution in [3.63, 3.8) is 0 Å². The minimum atomic E-state index is -0.678. The van der Waals surface area contributed by atoms with E-state index >= 15 is 0 Å². The Morgan fingerprint density at radius 2 is 0.662 bits per heavy atom. The number of carbonyl (C=O) groups is 3. The normalized spacial score (nSPS) is 23.6. The molecule has 0 aliphatic heterocycles. The van der Waals surface area contributed by atoms with Gasteiger partial charge in [-0.1, -0.05) is 162 Å². The van der Waals surface area contributed by atoms with Crippen LogP contribution in [0, 0.1) is 47.3 Å². The number of aliphatic hydroxyl groups is 5. The molecule has 4 rings (SSSR count). The van der Waals surface area contributed by atoms with Gasteiger partial charge in [0.25, 0.3) is 0 Å². The molecular formula is C65H110AgO11. The van der Waals surface area contributed by atoms with Crippen LogP contribution in [0.5, 0.6) is 0 Å². The van der Waals surface area contributed by atoms with Crippen LogP contribution < -0.4 is 0 Å². The average Bonchev–Trinajstić information content (AvgIpc) is 4.20. The van der Waals surface area contributed by atoms with Crippen LogP contribution in [-0.4, -0.2) is 85.0 Å². The molecule has 77 heavy (non-hydrogen) atoms. The number of carboxylic acid groups (broad SMARTS) is 2. The molecular weight excluding hydrogens is 1060 g/mol. The van der Waals surface area contributed by atoms with Gasteiger partial charge in [0.1, 0.15) is 6.29 Å². The first-order chi connectivity index (χ1) is 36.7. The third kappa shape index (κ3) is 53.3. The first kappa shape index (κ1) is 75.9. The van der Waals surface area contributed by atoms with Crippen LogP contribution in [-0.2, 0) is 38.7 Å². The van der Waals surface area contributed by atoms with Crippen molar-refractivity contribution < 1.29 is 74.4 Å². The van der Waals surface area contributed by atoms with Gasteiger partial charge >= 0.3 is 36.2 Å². The molecule has 11 nitrogen and oxygen atoms in total. The number of aldehydes is 1. The van der Waals surface area contributed by atoms with Crippen molar-refractivity contribution in [1.82, 2.24) is 0 Å². The second kappa shape index (κ2) is 52.3. The molecule has 4 saturated carbocycles. The monoisotopic (exact) mass is 1170 g/mol. The molecule has 4 fully saturated rings. The number of rotatable bonds is 40. The van der Waals surface area contributed by atoms with E-state index in [1.807, 2.05) is 48.6 Å². The minimum absolute atomic E-state index is 0. The van der Waals surface area contributed by atoms with E-state index in [-0.39, 0.29) is 31.8 Å². The van der Waals surface area contributed by atoms with Crippen LogP contribution in [0.2, 0.25) is 0 Å². The predicted molar refractivity (Wildman–Crippen MR) is 313 cm³/mol. The van der Waals surface area contributed by atoms with E-state index in [1.54, 1.807) is 73.0 Å². The van der Waals surface area contributed by atoms with Crippen LogP contribution in [0.25, 0.3) is 0 Å². The number of allylic oxidation sites excluding steroid dienone is 12. The Bertz CT molecular complexity index is 1610. The van der Waals surface area contributed by atoms with Gasteiger partial charge in [0.05, 0.1) is 24.4 Å². The molecule has 4 unspecified atom stereocenters. The fraction of sp³-hybridized carbons (Fsp3) is 0.708. The third-order valence-corrected chi connectivity index (χ3v) is 14.5. The molecule has 0 aromatic rings. The number of aliphatic carboxylic acids is 2. The van der Waals surface area contributed by atoms with Crippen molar-refractivity contribution in [3.05, 3.63) is 97.2 Å². The summed E-state index contributed by atoms with van der Waals surface area (Å²) in [4.78, 5) is 30.9. The molecule has 12 atom stereocenters. The number of hydrogen-bond donors (Lipinski definition) is 7. The molecule has 447 valence electrons. The molecule has 0 aromatic heterocycles. The summed E-state index contributed by atoms with van der Waals surface area (Å²) in [5.41, 5.74) is 0. The van der Waals surface area contributed by atoms with Crippen molar-refractivity contribution in [3.8, 4) is 0 Å². The van der Waals surface area contributed by atoms with Crippen LogP contribution in [0.1, 0.15) is 215 Å². The molecule has 0 amide bonds. The maximum atomic E-state index is 10.4. The Kier molecular flexibility index (Phi) is 51.5. The summed E-state index contributed by atoms with van der Waals surface area (Å²) < 4.78 is 8.06. The molecule has 4 aliphatic rings. The van der Waals surface area contributed by atoms with E-state index in [0.29, 0.717) is 19.4 Å². The second-order valence-corrected chi connectivity index (χ2v) is 21.9. The molecule has 0 radical (unpaired) electrons. The predicted octanol–water partition coefficient (Wildman–Crippen LogP) is 14.7. The summed E-state index contributed by atoms with van der Waals surface area (Å²) in [7, 11) is 0. The Balaban J connectivity index is 0. The third-order valence-electron chi connectivity index (χ3n) is 14.5. The average molecular weight is 1180 g/mol. The summed E-state index contributed by atoms with van der Waals surface area (Å²) in [6.07, 6.45) is 61.9. The molecule has 0 spiro atoms. The zero-order valence-electron chi connectivity index (χ0n) is 47.3. The summed E-state index contributed by atoms with van der Waals surface area (Å²) in [6, 6.07) is 0. The van der Waals surface area contributed by atoms with Crippen molar-refractivity contribution in [1.29, 1.82) is 0 Å². The van der Waals surface area contributed by atoms with Crippen molar-refractivity contribution in [2.75, 3.05) is 6.61 Å². The van der Waals surface area contributed by atoms with Gasteiger partial charge in [-0.05, 0) is 178 Å². The fourth-order valence-electron chi connectivity index (χ4n) is 9.60. The Morgan fingerprint density at radius 1 is 0.403 bits per heavy atom. The Labute approximate surface area is 480 Å². The first-order valence-corrected chi connectivity index (χ1v) is 29.9. The van der Waals surface area contributed by atoms with E-state index in [1.165, 1.54) is 96.3 Å². The van der Waals surface area contributed by atoms with E-state index < -0.39 is 11.9 Å². The number of unbranched alkanes of at least 4 members (excludes halogenated alkanes) is 6. The molecule has 0 heterocycles. The first-order valence-electron chi connectivity index (χ1n) is 29.3. The van der Waals surface area contributed by atoms with Gasteiger partial charge in [-0.2, -0.15) is 0 Å². The van der Waals surface area contributed by atoms with Crippen LogP contribution >= 0.6 is 0 Å². The van der Waals surface area contributed by atoms with Crippen molar-refractivity contribution in [2.45, 2.75) is 239 Å². The second-order valence-electron chi connectivity index (χ2n) is 21.9. The zero-order chi connectivity index (χ0) is 56.6. The Hall–Kier alpha value is -3.13. The topological polar surface area (TPSA) is 210 Å². The van der Waals surface area contributed by atoms with Crippen molar-refractivity contribution in [2.24, 2.45) is 47.3 Å². The van der Waals surface area contributed by atoms with E-state index in [0.717, 1.165) is 124 Å². The van der Waals surface area contributed by atoms with Crippen LogP contribution in [0.4, 0.5) is 0 Å². The molecule has 12 heteroatoms. The Morgan fingerprint density at radius 3 is 0.909 bits per heavy atom. The van der Waals surface area contributed by atoms with Gasteiger partial charge in [0.2, 0.25) is 0 Å². The number of carbonyl (C=O) groups excluding carboxylic acids is 1. The van der Waals surface area contributed by atoms with Gasteiger partial charge in [-0.15, -0.1) is 0 Å². The van der Waals surface area contributed by atoms with E-state index in [4.69, 9.17) is 39.0 Å². The molecule has 4 aliphatic carbocycles. The van der Waals surface area contributed by atoms with Gasteiger partial charge in [0, 0.05) is 25.9 Å². The maximum absolute atomic E-state index is 10.4. The van der Waals surface area contributed by atoms with E-state index in [2.05, 4.69) is 24.3 Å². The van der Waals surface area contributed by atoms with Gasteiger partial charge in [-0.3, -0.25) is 9.59 Å². The summed E-state index contributed by atoms with van der Waals surface area (Å²) in [6.45, 7) is 7.34. The number of carboxylic acids is 2. The number of aliphatic hydroxyl groups excluding tert-OH is 5. The quantitative estimate of drug-likeness (QED) is 0.0133. The van der Waals surface area contributed by atoms with Crippen LogP contribution in [0.15, 0.2) is 97.2 Å². The zero-order valence-corrected chi connectivity index (χ0v) is 48.8. The van der Waals surface area contributed by atoms with Gasteiger partial charge in [-0.25, -0.2) is 0 Å². The van der Waals surface area contributed by atoms with Crippen molar-refractivity contribution >= 4 is 18.2 Å². The summed E-state index contributed by atoms with van der Waals surface area (Å²) >= 11 is 1.70. The van der Waals surface area contributed by atoms with Crippen LogP contribution in [0.3, 0.4) is 0 Å². The molecule has 7 N–H and O–H groups in total. The molecule has 0 saturated heterocycles. The molecule has 0 aromatic carbocycles. The van der Waals surface area contributed by atoms with Gasteiger partial charge < -0.3 is 40.5 Å². The van der Waals surface area contributed by atoms with Gasteiger partial charge in [0.15, 0.2) is 0 Å². The number of hydrogen-bond acceptors (Lipinski definition) is 9. The summed E-state index contributed by atoms with van der Waals surface area (Å²) in [5.74, 6) is 5.81. The SMILES string of the molecule is C.CC(O)/C=C/C=C\CC[C@H]1C[C@H]1CCCCC(=O)O.CC(O)/C=C/C=C\CC[C@H]1C[C@H]1CCCCC(=O)O.CC(O)/C=C/C=C\CC[C@H]1C[C@H]1CCCCC=O.CC(O)/C=C/C=C\CC[C@H]1C[C@H]1CCCCCO.[O]=[Ag]. The van der Waals surface area contributed by atoms with E-state index in [9.17, 15) is 14.4 Å². The molecule has 0 bridgehead atoms. The summed E-state index contributed by atoms with van der Waals surface area (Å²) in [5, 5.41) is 61.9.